The number of carbonyl (C=O) groups is 1. The number of carboxylic acid groups (broad SMARTS) is 1. The standard InChI is InChI=1S/C21H19FO4S/c1-13-17(9-10-21(23)24)20-12-15(22)5-8-18(20)19(13)11-14-3-6-16(7-4-14)27(2,25)26/h3-8,11-12H,9-10H2,1-2H3,(H,23,24)/b19-11-. The molecule has 0 saturated heterocycles. The van der Waals surface area contributed by atoms with Gasteiger partial charge in [-0.1, -0.05) is 18.2 Å². The Morgan fingerprint density at radius 1 is 1.11 bits per heavy atom. The van der Waals surface area contributed by atoms with Crippen molar-refractivity contribution in [3.8, 4) is 0 Å². The minimum Gasteiger partial charge on any atom is -0.481 e. The molecule has 1 aliphatic rings. The minimum absolute atomic E-state index is 0.0288. The van der Waals surface area contributed by atoms with Gasteiger partial charge in [0.1, 0.15) is 5.82 Å². The molecule has 6 heteroatoms. The average Bonchev–Trinajstić information content (AvgIpc) is 2.84. The molecule has 0 aliphatic heterocycles. The van der Waals surface area contributed by atoms with Crippen LogP contribution in [-0.4, -0.2) is 25.7 Å². The van der Waals surface area contributed by atoms with Crippen LogP contribution < -0.4 is 0 Å². The van der Waals surface area contributed by atoms with Gasteiger partial charge in [0.2, 0.25) is 0 Å². The van der Waals surface area contributed by atoms with Gasteiger partial charge < -0.3 is 5.11 Å². The van der Waals surface area contributed by atoms with Crippen LogP contribution in [-0.2, 0) is 14.6 Å². The summed E-state index contributed by atoms with van der Waals surface area (Å²) in [6.45, 7) is 1.89. The number of rotatable bonds is 5. The van der Waals surface area contributed by atoms with Gasteiger partial charge in [-0.05, 0) is 77.1 Å². The topological polar surface area (TPSA) is 71.4 Å². The van der Waals surface area contributed by atoms with E-state index in [0.717, 1.165) is 34.1 Å². The Morgan fingerprint density at radius 3 is 2.37 bits per heavy atom. The third-order valence-electron chi connectivity index (χ3n) is 4.66. The fourth-order valence-electron chi connectivity index (χ4n) is 3.29. The van der Waals surface area contributed by atoms with E-state index in [9.17, 15) is 17.6 Å². The number of hydrogen-bond donors (Lipinski definition) is 1. The monoisotopic (exact) mass is 386 g/mol. The Kier molecular flexibility index (Phi) is 5.02. The first-order chi connectivity index (χ1) is 12.7. The van der Waals surface area contributed by atoms with Crippen molar-refractivity contribution in [2.45, 2.75) is 24.7 Å². The molecule has 2 aromatic rings. The van der Waals surface area contributed by atoms with Crippen LogP contribution in [0.15, 0.2) is 52.9 Å². The molecule has 0 atom stereocenters. The molecule has 140 valence electrons. The number of halogens is 1. The lowest BCUT2D eigenvalue weighted by molar-refractivity contribution is -0.136. The van der Waals surface area contributed by atoms with E-state index in [1.54, 1.807) is 30.3 Å². The second-order valence-electron chi connectivity index (χ2n) is 6.59. The zero-order chi connectivity index (χ0) is 19.8. The Hall–Kier alpha value is -2.73. The number of carboxylic acids is 1. The van der Waals surface area contributed by atoms with Gasteiger partial charge in [0.15, 0.2) is 9.84 Å². The van der Waals surface area contributed by atoms with Crippen LogP contribution >= 0.6 is 0 Å². The highest BCUT2D eigenvalue weighted by atomic mass is 32.2. The maximum Gasteiger partial charge on any atom is 0.303 e. The summed E-state index contributed by atoms with van der Waals surface area (Å²) < 4.78 is 37.0. The lowest BCUT2D eigenvalue weighted by atomic mass is 10.0. The number of aliphatic carboxylic acids is 1. The van der Waals surface area contributed by atoms with Gasteiger partial charge >= 0.3 is 5.97 Å². The molecule has 3 rings (SSSR count). The summed E-state index contributed by atoms with van der Waals surface area (Å²) in [7, 11) is -3.26. The summed E-state index contributed by atoms with van der Waals surface area (Å²) in [5, 5.41) is 9.00. The van der Waals surface area contributed by atoms with Crippen molar-refractivity contribution in [2.75, 3.05) is 6.26 Å². The molecule has 0 unspecified atom stereocenters. The lowest BCUT2D eigenvalue weighted by Crippen LogP contribution is -1.96. The SMILES string of the molecule is CC1=C(CCC(=O)O)c2cc(F)ccc2/C1=C\c1ccc(S(C)(=O)=O)cc1. The second-order valence-corrected chi connectivity index (χ2v) is 8.60. The zero-order valence-corrected chi connectivity index (χ0v) is 15.8. The maximum absolute atomic E-state index is 13.8. The van der Waals surface area contributed by atoms with Crippen molar-refractivity contribution < 1.29 is 22.7 Å². The molecule has 0 spiro atoms. The summed E-state index contributed by atoms with van der Waals surface area (Å²) in [6.07, 6.45) is 3.36. The van der Waals surface area contributed by atoms with Crippen molar-refractivity contribution >= 4 is 33.0 Å². The maximum atomic E-state index is 13.8. The quantitative estimate of drug-likeness (QED) is 0.826. The normalized spacial score (nSPS) is 15.3. The van der Waals surface area contributed by atoms with Gasteiger partial charge in [0.05, 0.1) is 4.90 Å². The van der Waals surface area contributed by atoms with Crippen LogP contribution in [0.2, 0.25) is 0 Å². The molecular formula is C21H19FO4S. The van der Waals surface area contributed by atoms with Crippen LogP contribution in [0.5, 0.6) is 0 Å². The molecule has 0 fully saturated rings. The van der Waals surface area contributed by atoms with Gasteiger partial charge in [-0.3, -0.25) is 4.79 Å². The van der Waals surface area contributed by atoms with Gasteiger partial charge in [-0.2, -0.15) is 0 Å². The van der Waals surface area contributed by atoms with Crippen LogP contribution in [0.3, 0.4) is 0 Å². The predicted octanol–water partition coefficient (Wildman–Crippen LogP) is 4.42. The van der Waals surface area contributed by atoms with E-state index < -0.39 is 15.8 Å². The highest BCUT2D eigenvalue weighted by molar-refractivity contribution is 7.90. The Balaban J connectivity index is 2.06. The predicted molar refractivity (Wildman–Crippen MR) is 103 cm³/mol. The number of sulfone groups is 1. The fraction of sp³-hybridized carbons (Fsp3) is 0.190. The van der Waals surface area contributed by atoms with Gasteiger partial charge in [0.25, 0.3) is 0 Å². The molecule has 4 nitrogen and oxygen atoms in total. The van der Waals surface area contributed by atoms with E-state index in [1.807, 2.05) is 13.0 Å². The highest BCUT2D eigenvalue weighted by Gasteiger charge is 2.24. The largest absolute Gasteiger partial charge is 0.481 e. The molecule has 0 bridgehead atoms. The molecule has 1 N–H and O–H groups in total. The first-order valence-electron chi connectivity index (χ1n) is 8.41. The fourth-order valence-corrected chi connectivity index (χ4v) is 3.92. The molecule has 0 heterocycles. The first kappa shape index (κ1) is 19.0. The van der Waals surface area contributed by atoms with E-state index in [2.05, 4.69) is 0 Å². The Labute approximate surface area is 157 Å². The van der Waals surface area contributed by atoms with Gasteiger partial charge in [-0.15, -0.1) is 0 Å². The molecule has 2 aromatic carbocycles. The van der Waals surface area contributed by atoms with E-state index in [0.29, 0.717) is 12.0 Å². The summed E-state index contributed by atoms with van der Waals surface area (Å²) in [6, 6.07) is 11.0. The molecule has 0 amide bonds. The summed E-state index contributed by atoms with van der Waals surface area (Å²) in [4.78, 5) is 11.2. The number of hydrogen-bond acceptors (Lipinski definition) is 3. The third-order valence-corrected chi connectivity index (χ3v) is 5.79. The van der Waals surface area contributed by atoms with Crippen LogP contribution in [0, 0.1) is 5.82 Å². The molecule has 27 heavy (non-hydrogen) atoms. The number of benzene rings is 2. The van der Waals surface area contributed by atoms with E-state index in [1.165, 1.54) is 12.1 Å². The second kappa shape index (κ2) is 7.12. The van der Waals surface area contributed by atoms with Crippen LogP contribution in [0.25, 0.3) is 17.2 Å². The van der Waals surface area contributed by atoms with Crippen molar-refractivity contribution in [3.05, 3.63) is 70.5 Å². The molecule has 0 radical (unpaired) electrons. The van der Waals surface area contributed by atoms with Crippen LogP contribution in [0.4, 0.5) is 4.39 Å². The van der Waals surface area contributed by atoms with E-state index in [4.69, 9.17) is 5.11 Å². The third kappa shape index (κ3) is 4.01. The van der Waals surface area contributed by atoms with Gasteiger partial charge in [0, 0.05) is 12.7 Å². The summed E-state index contributed by atoms with van der Waals surface area (Å²) >= 11 is 0. The molecular weight excluding hydrogens is 367 g/mol. The molecule has 1 aliphatic carbocycles. The Morgan fingerprint density at radius 2 is 1.78 bits per heavy atom. The average molecular weight is 386 g/mol. The number of allylic oxidation sites excluding steroid dienone is 3. The smallest absolute Gasteiger partial charge is 0.303 e. The zero-order valence-electron chi connectivity index (χ0n) is 15.0. The van der Waals surface area contributed by atoms with Crippen molar-refractivity contribution in [1.82, 2.24) is 0 Å². The Bertz CT molecular complexity index is 1080. The van der Waals surface area contributed by atoms with E-state index >= 15 is 0 Å². The minimum atomic E-state index is -3.26. The van der Waals surface area contributed by atoms with Crippen LogP contribution in [0.1, 0.15) is 36.5 Å². The van der Waals surface area contributed by atoms with Crippen molar-refractivity contribution in [3.63, 3.8) is 0 Å². The summed E-state index contributed by atoms with van der Waals surface area (Å²) in [5.74, 6) is -1.27. The summed E-state index contributed by atoms with van der Waals surface area (Å²) in [5.41, 5.74) is 4.99. The van der Waals surface area contributed by atoms with Crippen molar-refractivity contribution in [2.24, 2.45) is 0 Å². The van der Waals surface area contributed by atoms with Crippen molar-refractivity contribution in [1.29, 1.82) is 0 Å². The lowest BCUT2D eigenvalue weighted by Gasteiger charge is -2.05. The number of fused-ring (bicyclic) bond motifs is 1. The van der Waals surface area contributed by atoms with Gasteiger partial charge in [-0.25, -0.2) is 12.8 Å². The highest BCUT2D eigenvalue weighted by Crippen LogP contribution is 2.44. The molecule has 0 saturated carbocycles. The first-order valence-corrected chi connectivity index (χ1v) is 10.3. The molecule has 0 aromatic heterocycles. The van der Waals surface area contributed by atoms with E-state index in [-0.39, 0.29) is 17.1 Å².